The molecule has 0 bridgehead atoms. The molecule has 1 aromatic rings. The zero-order valence-corrected chi connectivity index (χ0v) is 11.3. The van der Waals surface area contributed by atoms with Crippen molar-refractivity contribution in [3.05, 3.63) is 24.3 Å². The molecule has 0 aliphatic carbocycles. The number of benzene rings is 1. The largest absolute Gasteiger partial charge is 0.494 e. The van der Waals surface area contributed by atoms with Crippen LogP contribution in [0.5, 0.6) is 5.75 Å². The van der Waals surface area contributed by atoms with Gasteiger partial charge in [0.1, 0.15) is 5.75 Å². The van der Waals surface area contributed by atoms with Gasteiger partial charge in [-0.15, -0.1) is 0 Å². The summed E-state index contributed by atoms with van der Waals surface area (Å²) < 4.78 is 5.34. The van der Waals surface area contributed by atoms with Gasteiger partial charge >= 0.3 is 0 Å². The molecule has 0 aliphatic heterocycles. The summed E-state index contributed by atoms with van der Waals surface area (Å²) in [6, 6.07) is 7.29. The summed E-state index contributed by atoms with van der Waals surface area (Å²) in [5, 5.41) is 2.83. The number of nitrogens with one attached hydrogen (secondary N) is 1. The molecule has 1 rings (SSSR count). The van der Waals surface area contributed by atoms with Gasteiger partial charge in [0.15, 0.2) is 0 Å². The molecule has 0 heterocycles. The van der Waals surface area contributed by atoms with Crippen molar-refractivity contribution >= 4 is 11.6 Å². The Bertz CT molecular complexity index is 383. The van der Waals surface area contributed by atoms with E-state index >= 15 is 0 Å². The first-order chi connectivity index (χ1) is 8.55. The Kier molecular flexibility index (Phi) is 5.16. The van der Waals surface area contributed by atoms with Crippen LogP contribution in [-0.4, -0.2) is 18.1 Å². The monoisotopic (exact) mass is 250 g/mol. The van der Waals surface area contributed by atoms with Crippen molar-refractivity contribution in [3.8, 4) is 5.75 Å². The van der Waals surface area contributed by atoms with Crippen LogP contribution in [0.4, 0.5) is 5.69 Å². The normalized spacial score (nSPS) is 11.1. The molecule has 0 atom stereocenters. The highest BCUT2D eigenvalue weighted by atomic mass is 16.5. The minimum atomic E-state index is -0.793. The van der Waals surface area contributed by atoms with Crippen LogP contribution in [0.25, 0.3) is 0 Å². The quantitative estimate of drug-likeness (QED) is 0.815. The van der Waals surface area contributed by atoms with E-state index in [4.69, 9.17) is 10.5 Å². The Hall–Kier alpha value is -1.55. The second-order valence-corrected chi connectivity index (χ2v) is 4.27. The van der Waals surface area contributed by atoms with Crippen molar-refractivity contribution in [3.63, 3.8) is 0 Å². The van der Waals surface area contributed by atoms with Crippen molar-refractivity contribution < 1.29 is 9.53 Å². The summed E-state index contributed by atoms with van der Waals surface area (Å²) >= 11 is 0. The topological polar surface area (TPSA) is 64.3 Å². The number of carbonyl (C=O) groups excluding carboxylic acids is 1. The van der Waals surface area contributed by atoms with Crippen molar-refractivity contribution in [2.45, 2.75) is 39.2 Å². The first kappa shape index (κ1) is 14.5. The van der Waals surface area contributed by atoms with E-state index in [1.54, 1.807) is 0 Å². The second-order valence-electron chi connectivity index (χ2n) is 4.27. The molecule has 3 N–H and O–H groups in total. The van der Waals surface area contributed by atoms with Crippen molar-refractivity contribution in [1.82, 2.24) is 0 Å². The number of hydrogen-bond donors (Lipinski definition) is 2. The van der Waals surface area contributed by atoms with E-state index in [1.165, 1.54) is 0 Å². The lowest BCUT2D eigenvalue weighted by molar-refractivity contribution is -0.121. The molecule has 0 radical (unpaired) electrons. The first-order valence-electron chi connectivity index (χ1n) is 6.39. The van der Waals surface area contributed by atoms with Crippen LogP contribution in [0.2, 0.25) is 0 Å². The SMILES string of the molecule is CCOc1ccc(NC(=O)C(N)(CC)CC)cc1. The lowest BCUT2D eigenvalue weighted by Crippen LogP contribution is -2.50. The van der Waals surface area contributed by atoms with Gasteiger partial charge < -0.3 is 15.8 Å². The summed E-state index contributed by atoms with van der Waals surface area (Å²) in [7, 11) is 0. The minimum absolute atomic E-state index is 0.142. The van der Waals surface area contributed by atoms with Crippen molar-refractivity contribution in [1.29, 1.82) is 0 Å². The van der Waals surface area contributed by atoms with E-state index in [2.05, 4.69) is 5.32 Å². The molecule has 0 saturated carbocycles. The number of rotatable bonds is 6. The maximum Gasteiger partial charge on any atom is 0.244 e. The summed E-state index contributed by atoms with van der Waals surface area (Å²) in [5.41, 5.74) is 5.97. The van der Waals surface area contributed by atoms with Crippen LogP contribution in [0.3, 0.4) is 0 Å². The Balaban J connectivity index is 2.70. The summed E-state index contributed by atoms with van der Waals surface area (Å²) in [5.74, 6) is 0.650. The van der Waals surface area contributed by atoms with E-state index in [1.807, 2.05) is 45.0 Å². The van der Waals surface area contributed by atoms with Crippen molar-refractivity contribution in [2.75, 3.05) is 11.9 Å². The second kappa shape index (κ2) is 6.40. The highest BCUT2D eigenvalue weighted by Gasteiger charge is 2.29. The van der Waals surface area contributed by atoms with Gasteiger partial charge in [-0.1, -0.05) is 13.8 Å². The van der Waals surface area contributed by atoms with Crippen LogP contribution in [-0.2, 0) is 4.79 Å². The summed E-state index contributed by atoms with van der Waals surface area (Å²) in [6.45, 7) is 6.40. The van der Waals surface area contributed by atoms with Crippen LogP contribution in [0.15, 0.2) is 24.3 Å². The van der Waals surface area contributed by atoms with Gasteiger partial charge in [0.25, 0.3) is 0 Å². The fraction of sp³-hybridized carbons (Fsp3) is 0.500. The Morgan fingerprint density at radius 3 is 2.22 bits per heavy atom. The molecule has 18 heavy (non-hydrogen) atoms. The van der Waals surface area contributed by atoms with Gasteiger partial charge in [-0.25, -0.2) is 0 Å². The minimum Gasteiger partial charge on any atom is -0.494 e. The van der Waals surface area contributed by atoms with Crippen LogP contribution in [0, 0.1) is 0 Å². The molecule has 4 nitrogen and oxygen atoms in total. The van der Waals surface area contributed by atoms with E-state index in [-0.39, 0.29) is 5.91 Å². The number of carbonyl (C=O) groups is 1. The number of amides is 1. The number of nitrogens with two attached hydrogens (primary N) is 1. The molecule has 1 aromatic carbocycles. The fourth-order valence-corrected chi connectivity index (χ4v) is 1.63. The third-order valence-corrected chi connectivity index (χ3v) is 3.14. The van der Waals surface area contributed by atoms with Gasteiger partial charge in [0, 0.05) is 5.69 Å². The average Bonchev–Trinajstić information content (AvgIpc) is 2.40. The first-order valence-corrected chi connectivity index (χ1v) is 6.39. The van der Waals surface area contributed by atoms with Gasteiger partial charge in [0.05, 0.1) is 12.1 Å². The zero-order valence-electron chi connectivity index (χ0n) is 11.3. The molecule has 100 valence electrons. The average molecular weight is 250 g/mol. The van der Waals surface area contributed by atoms with E-state index < -0.39 is 5.54 Å². The standard InChI is InChI=1S/C14H22N2O2/c1-4-14(15,5-2)13(17)16-11-7-9-12(10-8-11)18-6-3/h7-10H,4-6,15H2,1-3H3,(H,16,17). The molecular weight excluding hydrogens is 228 g/mol. The van der Waals surface area contributed by atoms with E-state index in [0.29, 0.717) is 19.4 Å². The van der Waals surface area contributed by atoms with Gasteiger partial charge in [-0.05, 0) is 44.0 Å². The highest BCUT2D eigenvalue weighted by Crippen LogP contribution is 2.18. The fourth-order valence-electron chi connectivity index (χ4n) is 1.63. The van der Waals surface area contributed by atoms with Crippen LogP contribution < -0.4 is 15.8 Å². The van der Waals surface area contributed by atoms with Gasteiger partial charge in [-0.3, -0.25) is 4.79 Å². The summed E-state index contributed by atoms with van der Waals surface area (Å²) in [4.78, 5) is 12.0. The molecule has 0 saturated heterocycles. The summed E-state index contributed by atoms with van der Waals surface area (Å²) in [6.07, 6.45) is 1.23. The molecular formula is C14H22N2O2. The molecule has 0 spiro atoms. The Labute approximate surface area is 109 Å². The number of ether oxygens (including phenoxy) is 1. The zero-order chi connectivity index (χ0) is 13.6. The molecule has 0 aliphatic rings. The molecule has 0 aromatic heterocycles. The van der Waals surface area contributed by atoms with Crippen molar-refractivity contribution in [2.24, 2.45) is 5.73 Å². The van der Waals surface area contributed by atoms with Crippen LogP contribution >= 0.6 is 0 Å². The smallest absolute Gasteiger partial charge is 0.244 e. The predicted octanol–water partition coefficient (Wildman–Crippen LogP) is 2.54. The molecule has 1 amide bonds. The van der Waals surface area contributed by atoms with Crippen LogP contribution in [0.1, 0.15) is 33.6 Å². The third-order valence-electron chi connectivity index (χ3n) is 3.14. The van der Waals surface area contributed by atoms with Gasteiger partial charge in [0.2, 0.25) is 5.91 Å². The van der Waals surface area contributed by atoms with E-state index in [9.17, 15) is 4.79 Å². The Morgan fingerprint density at radius 2 is 1.78 bits per heavy atom. The van der Waals surface area contributed by atoms with Gasteiger partial charge in [-0.2, -0.15) is 0 Å². The third kappa shape index (κ3) is 3.47. The maximum absolute atomic E-state index is 12.0. The lowest BCUT2D eigenvalue weighted by atomic mass is 9.93. The number of anilines is 1. The lowest BCUT2D eigenvalue weighted by Gasteiger charge is -2.25. The van der Waals surface area contributed by atoms with E-state index in [0.717, 1.165) is 11.4 Å². The maximum atomic E-state index is 12.0. The molecule has 0 unspecified atom stereocenters. The molecule has 4 heteroatoms. The number of hydrogen-bond acceptors (Lipinski definition) is 3. The highest BCUT2D eigenvalue weighted by molar-refractivity contribution is 5.97. The Morgan fingerprint density at radius 1 is 1.22 bits per heavy atom. The predicted molar refractivity (Wildman–Crippen MR) is 73.7 cm³/mol. The molecule has 0 fully saturated rings.